The van der Waals surface area contributed by atoms with Gasteiger partial charge >= 0.3 is 6.09 Å². The zero-order valence-corrected chi connectivity index (χ0v) is 14.1. The Morgan fingerprint density at radius 3 is 3.00 bits per heavy atom. The number of amides is 1. The first kappa shape index (κ1) is 16.4. The highest BCUT2D eigenvalue weighted by Gasteiger charge is 2.46. The molecule has 0 aromatic carbocycles. The van der Waals surface area contributed by atoms with Crippen LogP contribution in [0.4, 0.5) is 4.79 Å². The van der Waals surface area contributed by atoms with Gasteiger partial charge in [0, 0.05) is 36.6 Å². The van der Waals surface area contributed by atoms with Crippen LogP contribution in [0.1, 0.15) is 45.4 Å². The third kappa shape index (κ3) is 2.66. The fourth-order valence-corrected chi connectivity index (χ4v) is 5.15. The minimum absolute atomic E-state index is 0.111. The molecule has 1 N–H and O–H groups in total. The van der Waals surface area contributed by atoms with E-state index in [2.05, 4.69) is 0 Å². The lowest BCUT2D eigenvalue weighted by Crippen LogP contribution is -2.51. The van der Waals surface area contributed by atoms with Gasteiger partial charge in [0.15, 0.2) is 6.29 Å². The number of likely N-dealkylation sites (tertiary alicyclic amines) is 1. The summed E-state index contributed by atoms with van der Waals surface area (Å²) < 4.78 is 11.4. The molecule has 126 valence electrons. The van der Waals surface area contributed by atoms with Gasteiger partial charge in [-0.05, 0) is 25.3 Å². The molecule has 0 radical (unpaired) electrons. The van der Waals surface area contributed by atoms with Gasteiger partial charge in [-0.15, -0.1) is 11.3 Å². The van der Waals surface area contributed by atoms with Crippen LogP contribution in [0.25, 0.3) is 0 Å². The van der Waals surface area contributed by atoms with Crippen LogP contribution < -0.4 is 0 Å². The Morgan fingerprint density at radius 2 is 2.39 bits per heavy atom. The second-order valence-corrected chi connectivity index (χ2v) is 7.23. The molecule has 1 amide bonds. The molecule has 0 aliphatic carbocycles. The van der Waals surface area contributed by atoms with E-state index in [9.17, 15) is 14.7 Å². The molecular formula is C16H21NO5S. The summed E-state index contributed by atoms with van der Waals surface area (Å²) >= 11 is 1.48. The van der Waals surface area contributed by atoms with Gasteiger partial charge in [0.05, 0.1) is 18.1 Å². The second kappa shape index (κ2) is 6.22. The Balaban J connectivity index is 1.99. The second-order valence-electron chi connectivity index (χ2n) is 6.18. The van der Waals surface area contributed by atoms with Gasteiger partial charge in [0.1, 0.15) is 5.60 Å². The maximum atomic E-state index is 11.4. The molecule has 0 unspecified atom stereocenters. The zero-order valence-electron chi connectivity index (χ0n) is 13.3. The van der Waals surface area contributed by atoms with E-state index in [-0.39, 0.29) is 6.04 Å². The predicted molar refractivity (Wildman–Crippen MR) is 85.2 cm³/mol. The average molecular weight is 339 g/mol. The first-order valence-electron chi connectivity index (χ1n) is 7.75. The third-order valence-electron chi connectivity index (χ3n) is 4.85. The molecule has 1 fully saturated rings. The molecular weight excluding hydrogens is 318 g/mol. The molecule has 3 heterocycles. The van der Waals surface area contributed by atoms with Crippen LogP contribution in [0, 0.1) is 0 Å². The number of carboxylic acid groups (broad SMARTS) is 1. The van der Waals surface area contributed by atoms with Crippen LogP contribution >= 0.6 is 11.3 Å². The van der Waals surface area contributed by atoms with E-state index in [1.807, 2.05) is 6.92 Å². The monoisotopic (exact) mass is 339 g/mol. The van der Waals surface area contributed by atoms with Crippen LogP contribution in [-0.2, 0) is 28.1 Å². The van der Waals surface area contributed by atoms with Crippen LogP contribution in [0.5, 0.6) is 0 Å². The van der Waals surface area contributed by atoms with Gasteiger partial charge < -0.3 is 19.5 Å². The Kier molecular flexibility index (Phi) is 4.44. The van der Waals surface area contributed by atoms with E-state index in [1.165, 1.54) is 21.8 Å². The summed E-state index contributed by atoms with van der Waals surface area (Å²) in [6.45, 7) is 3.38. The first-order chi connectivity index (χ1) is 11.0. The average Bonchev–Trinajstić information content (AvgIpc) is 2.87. The molecule has 1 saturated heterocycles. The summed E-state index contributed by atoms with van der Waals surface area (Å²) in [5.74, 6) is 0. The largest absolute Gasteiger partial charge is 0.465 e. The van der Waals surface area contributed by atoms with Gasteiger partial charge in [-0.3, -0.25) is 4.79 Å². The van der Waals surface area contributed by atoms with Crippen LogP contribution in [-0.4, -0.2) is 48.7 Å². The van der Waals surface area contributed by atoms with Gasteiger partial charge in [0.25, 0.3) is 0 Å². The van der Waals surface area contributed by atoms with Gasteiger partial charge in [0.2, 0.25) is 0 Å². The number of carbonyl (C=O) groups excluding carboxylic acids is 1. The highest BCUT2D eigenvalue weighted by molar-refractivity contribution is 7.14. The van der Waals surface area contributed by atoms with Gasteiger partial charge in [-0.2, -0.15) is 0 Å². The van der Waals surface area contributed by atoms with Crippen molar-refractivity contribution >= 4 is 23.7 Å². The predicted octanol–water partition coefficient (Wildman–Crippen LogP) is 2.64. The highest BCUT2D eigenvalue weighted by atomic mass is 32.1. The Labute approximate surface area is 139 Å². The van der Waals surface area contributed by atoms with Crippen molar-refractivity contribution < 1.29 is 24.2 Å². The highest BCUT2D eigenvalue weighted by Crippen LogP contribution is 2.48. The number of thiophene rings is 1. The Bertz CT molecular complexity index is 628. The molecule has 1 aromatic heterocycles. The number of nitrogens with zero attached hydrogens (tertiary/aromatic N) is 1. The standard InChI is InChI=1S/C16H21NO5S/c1-10-7-16(4-5-17(10)15(19)20)14-11(3-6-22-16)12(9-21-2)13(8-18)23-14/h8,10H,3-7,9H2,1-2H3,(H,19,20)/t10-,16+/m0/s1. The fraction of sp³-hybridized carbons (Fsp3) is 0.625. The van der Waals surface area contributed by atoms with E-state index in [4.69, 9.17) is 9.47 Å². The minimum atomic E-state index is -0.886. The summed E-state index contributed by atoms with van der Waals surface area (Å²) in [7, 11) is 1.63. The number of hydrogen-bond donors (Lipinski definition) is 1. The molecule has 0 bridgehead atoms. The van der Waals surface area contributed by atoms with E-state index in [1.54, 1.807) is 7.11 Å². The van der Waals surface area contributed by atoms with E-state index < -0.39 is 11.7 Å². The Hall–Kier alpha value is -1.44. The molecule has 2 atom stereocenters. The van der Waals surface area contributed by atoms with Gasteiger partial charge in [-0.1, -0.05) is 0 Å². The molecule has 23 heavy (non-hydrogen) atoms. The summed E-state index contributed by atoms with van der Waals surface area (Å²) in [5, 5.41) is 9.27. The maximum absolute atomic E-state index is 11.4. The topological polar surface area (TPSA) is 76.1 Å². The number of ether oxygens (including phenoxy) is 2. The summed E-state index contributed by atoms with van der Waals surface area (Å²) in [5.41, 5.74) is 1.67. The number of carbonyl (C=O) groups is 2. The van der Waals surface area contributed by atoms with E-state index in [0.29, 0.717) is 37.5 Å². The van der Waals surface area contributed by atoms with E-state index in [0.717, 1.165) is 23.1 Å². The molecule has 0 saturated carbocycles. The zero-order chi connectivity index (χ0) is 16.6. The number of hydrogen-bond acceptors (Lipinski definition) is 5. The molecule has 2 aliphatic heterocycles. The van der Waals surface area contributed by atoms with Crippen LogP contribution in [0.15, 0.2) is 0 Å². The molecule has 3 rings (SSSR count). The molecule has 7 heteroatoms. The van der Waals surface area contributed by atoms with Crippen LogP contribution in [0.3, 0.4) is 0 Å². The number of piperidine rings is 1. The minimum Gasteiger partial charge on any atom is -0.465 e. The molecule has 1 spiro atoms. The smallest absolute Gasteiger partial charge is 0.407 e. The Morgan fingerprint density at radius 1 is 1.61 bits per heavy atom. The van der Waals surface area contributed by atoms with Gasteiger partial charge in [-0.25, -0.2) is 4.79 Å². The van der Waals surface area contributed by atoms with Crippen molar-refractivity contribution in [2.75, 3.05) is 20.3 Å². The molecule has 2 aliphatic rings. The summed E-state index contributed by atoms with van der Waals surface area (Å²) in [4.78, 5) is 26.0. The summed E-state index contributed by atoms with van der Waals surface area (Å²) in [6.07, 6.45) is 2.03. The maximum Gasteiger partial charge on any atom is 0.407 e. The van der Waals surface area contributed by atoms with Crippen molar-refractivity contribution in [1.29, 1.82) is 0 Å². The van der Waals surface area contributed by atoms with Crippen molar-refractivity contribution in [2.24, 2.45) is 0 Å². The lowest BCUT2D eigenvalue weighted by molar-refractivity contribution is -0.104. The van der Waals surface area contributed by atoms with E-state index >= 15 is 0 Å². The lowest BCUT2D eigenvalue weighted by Gasteiger charge is -2.46. The third-order valence-corrected chi connectivity index (χ3v) is 6.23. The lowest BCUT2D eigenvalue weighted by atomic mass is 9.81. The SMILES string of the molecule is COCc1c(C=O)sc2c1CCO[C@@]21CCN(C(=O)O)[C@@H](C)C1. The quantitative estimate of drug-likeness (QED) is 0.857. The summed E-state index contributed by atoms with van der Waals surface area (Å²) in [6, 6.07) is -0.111. The first-order valence-corrected chi connectivity index (χ1v) is 8.56. The fourth-order valence-electron chi connectivity index (χ4n) is 3.80. The molecule has 6 nitrogen and oxygen atoms in total. The van der Waals surface area contributed by atoms with Crippen LogP contribution in [0.2, 0.25) is 0 Å². The number of rotatable bonds is 3. The number of methoxy groups -OCH3 is 1. The van der Waals surface area contributed by atoms with Crippen molar-refractivity contribution in [3.63, 3.8) is 0 Å². The van der Waals surface area contributed by atoms with Crippen molar-refractivity contribution in [3.8, 4) is 0 Å². The normalized spacial score (nSPS) is 27.0. The number of aldehydes is 1. The van der Waals surface area contributed by atoms with Crippen molar-refractivity contribution in [2.45, 2.75) is 44.4 Å². The van der Waals surface area contributed by atoms with Crippen molar-refractivity contribution in [1.82, 2.24) is 4.90 Å². The number of fused-ring (bicyclic) bond motifs is 2. The van der Waals surface area contributed by atoms with Crippen molar-refractivity contribution in [3.05, 3.63) is 20.9 Å². The molecule has 1 aromatic rings.